The third-order valence-corrected chi connectivity index (χ3v) is 3.90. The van der Waals surface area contributed by atoms with Gasteiger partial charge in [-0.3, -0.25) is 10.1 Å². The van der Waals surface area contributed by atoms with E-state index < -0.39 is 0 Å². The van der Waals surface area contributed by atoms with Crippen LogP contribution in [0.1, 0.15) is 32.3 Å². The lowest BCUT2D eigenvalue weighted by Crippen LogP contribution is -2.38. The van der Waals surface area contributed by atoms with Crippen molar-refractivity contribution in [2.45, 2.75) is 38.1 Å². The Kier molecular flexibility index (Phi) is 3.48. The second-order valence-electron chi connectivity index (χ2n) is 5.27. The minimum absolute atomic E-state index is 0.103. The molecule has 1 saturated heterocycles. The van der Waals surface area contributed by atoms with Crippen LogP contribution in [0.5, 0.6) is 0 Å². The number of nitro groups is 1. The Balaban J connectivity index is 2.39. The van der Waals surface area contributed by atoms with Crippen molar-refractivity contribution in [3.63, 3.8) is 0 Å². The van der Waals surface area contributed by atoms with E-state index in [0.717, 1.165) is 25.1 Å². The van der Waals surface area contributed by atoms with E-state index >= 15 is 0 Å². The summed E-state index contributed by atoms with van der Waals surface area (Å²) >= 11 is 5.80. The molecule has 0 aromatic heterocycles. The first kappa shape index (κ1) is 13.1. The fraction of sp³-hybridized carbons (Fsp3) is 0.538. The zero-order chi connectivity index (χ0) is 13.3. The third-order valence-electron chi connectivity index (χ3n) is 3.62. The second kappa shape index (κ2) is 4.76. The fourth-order valence-electron chi connectivity index (χ4n) is 2.61. The first-order chi connectivity index (χ1) is 8.45. The molecule has 0 radical (unpaired) electrons. The van der Waals surface area contributed by atoms with Gasteiger partial charge < -0.3 is 4.90 Å². The van der Waals surface area contributed by atoms with Crippen LogP contribution in [0.25, 0.3) is 0 Å². The lowest BCUT2D eigenvalue weighted by molar-refractivity contribution is -0.385. The van der Waals surface area contributed by atoms with Crippen LogP contribution in [0, 0.1) is 10.1 Å². The topological polar surface area (TPSA) is 46.4 Å². The molecule has 0 unspecified atom stereocenters. The molecule has 1 aliphatic heterocycles. The van der Waals surface area contributed by atoms with Crippen molar-refractivity contribution < 1.29 is 4.92 Å². The van der Waals surface area contributed by atoms with Gasteiger partial charge in [-0.1, -0.05) is 0 Å². The third kappa shape index (κ3) is 2.29. The number of nitrogens with zero attached hydrogens (tertiary/aromatic N) is 2. The molecular formula is C13H17ClN2O2. The Morgan fingerprint density at radius 1 is 1.50 bits per heavy atom. The number of halogens is 1. The van der Waals surface area contributed by atoms with Crippen LogP contribution in [0.2, 0.25) is 0 Å². The molecule has 0 aliphatic carbocycles. The first-order valence-corrected chi connectivity index (χ1v) is 6.60. The molecule has 5 heteroatoms. The van der Waals surface area contributed by atoms with Gasteiger partial charge in [0, 0.05) is 29.4 Å². The molecule has 2 rings (SSSR count). The van der Waals surface area contributed by atoms with Crippen molar-refractivity contribution in [1.82, 2.24) is 0 Å². The highest BCUT2D eigenvalue weighted by Crippen LogP contribution is 2.35. The van der Waals surface area contributed by atoms with Gasteiger partial charge in [-0.2, -0.15) is 0 Å². The van der Waals surface area contributed by atoms with Gasteiger partial charge >= 0.3 is 0 Å². The highest BCUT2D eigenvalue weighted by Gasteiger charge is 2.32. The molecule has 0 N–H and O–H groups in total. The molecule has 1 aliphatic rings. The largest absolute Gasteiger partial charge is 0.366 e. The second-order valence-corrected chi connectivity index (χ2v) is 5.54. The summed E-state index contributed by atoms with van der Waals surface area (Å²) in [5, 5.41) is 10.9. The molecular weight excluding hydrogens is 252 g/mol. The number of hydrogen-bond acceptors (Lipinski definition) is 3. The Morgan fingerprint density at radius 2 is 2.22 bits per heavy atom. The van der Waals surface area contributed by atoms with Crippen molar-refractivity contribution in [2.24, 2.45) is 0 Å². The van der Waals surface area contributed by atoms with Crippen LogP contribution in [0.15, 0.2) is 18.2 Å². The highest BCUT2D eigenvalue weighted by molar-refractivity contribution is 6.17. The van der Waals surface area contributed by atoms with Gasteiger partial charge in [0.15, 0.2) is 0 Å². The van der Waals surface area contributed by atoms with E-state index in [4.69, 9.17) is 11.6 Å². The van der Waals surface area contributed by atoms with E-state index in [9.17, 15) is 10.1 Å². The number of alkyl halides is 1. The zero-order valence-electron chi connectivity index (χ0n) is 10.6. The maximum absolute atomic E-state index is 10.9. The van der Waals surface area contributed by atoms with Gasteiger partial charge in [-0.05, 0) is 38.8 Å². The van der Waals surface area contributed by atoms with Gasteiger partial charge in [0.1, 0.15) is 0 Å². The normalized spacial score (nSPS) is 18.1. The minimum atomic E-state index is -0.378. The van der Waals surface area contributed by atoms with Gasteiger partial charge in [0.05, 0.1) is 10.8 Å². The SMILES string of the molecule is CC1(C)CCCN1c1ccc([N+](=O)[O-])c(CCl)c1. The maximum Gasteiger partial charge on any atom is 0.273 e. The number of anilines is 1. The van der Waals surface area contributed by atoms with Crippen molar-refractivity contribution in [1.29, 1.82) is 0 Å². The van der Waals surface area contributed by atoms with Gasteiger partial charge in [0.2, 0.25) is 0 Å². The molecule has 1 heterocycles. The van der Waals surface area contributed by atoms with Crippen LogP contribution in [0.3, 0.4) is 0 Å². The standard InChI is InChI=1S/C13H17ClN2O2/c1-13(2)6-3-7-15(13)11-4-5-12(16(17)18)10(8-11)9-14/h4-5,8H,3,6-7,9H2,1-2H3. The van der Waals surface area contributed by atoms with Crippen molar-refractivity contribution in [3.05, 3.63) is 33.9 Å². The molecule has 18 heavy (non-hydrogen) atoms. The summed E-state index contributed by atoms with van der Waals surface area (Å²) in [4.78, 5) is 12.8. The van der Waals surface area contributed by atoms with Gasteiger partial charge in [-0.25, -0.2) is 0 Å². The Bertz CT molecular complexity index is 474. The van der Waals surface area contributed by atoms with E-state index in [2.05, 4.69) is 18.7 Å². The smallest absolute Gasteiger partial charge is 0.273 e. The summed E-state index contributed by atoms with van der Waals surface area (Å²) in [5.74, 6) is 0.165. The lowest BCUT2D eigenvalue weighted by atomic mass is 10.0. The van der Waals surface area contributed by atoms with Crippen LogP contribution >= 0.6 is 11.6 Å². The van der Waals surface area contributed by atoms with Crippen molar-refractivity contribution in [2.75, 3.05) is 11.4 Å². The Hall–Kier alpha value is -1.29. The number of hydrogen-bond donors (Lipinski definition) is 0. The number of nitro benzene ring substituents is 1. The molecule has 0 saturated carbocycles. The highest BCUT2D eigenvalue weighted by atomic mass is 35.5. The maximum atomic E-state index is 10.9. The van der Waals surface area contributed by atoms with E-state index in [1.165, 1.54) is 0 Å². The monoisotopic (exact) mass is 268 g/mol. The van der Waals surface area contributed by atoms with Crippen LogP contribution in [0.4, 0.5) is 11.4 Å². The van der Waals surface area contributed by atoms with Crippen LogP contribution < -0.4 is 4.90 Å². The molecule has 0 bridgehead atoms. The van der Waals surface area contributed by atoms with E-state index in [-0.39, 0.29) is 22.0 Å². The summed E-state index contributed by atoms with van der Waals surface area (Å²) in [6.45, 7) is 5.39. The molecule has 1 aromatic carbocycles. The van der Waals surface area contributed by atoms with Crippen molar-refractivity contribution in [3.8, 4) is 0 Å². The predicted molar refractivity (Wildman–Crippen MR) is 73.3 cm³/mol. The number of benzene rings is 1. The summed E-state index contributed by atoms with van der Waals surface area (Å²) in [6.07, 6.45) is 2.29. The zero-order valence-corrected chi connectivity index (χ0v) is 11.4. The van der Waals surface area contributed by atoms with E-state index in [1.807, 2.05) is 12.1 Å². The number of rotatable bonds is 3. The molecule has 0 atom stereocenters. The molecule has 0 amide bonds. The van der Waals surface area contributed by atoms with Crippen LogP contribution in [-0.2, 0) is 5.88 Å². The molecule has 4 nitrogen and oxygen atoms in total. The van der Waals surface area contributed by atoms with Crippen molar-refractivity contribution >= 4 is 23.0 Å². The minimum Gasteiger partial charge on any atom is -0.366 e. The Labute approximate surface area is 112 Å². The van der Waals surface area contributed by atoms with Crippen LogP contribution in [-0.4, -0.2) is 17.0 Å². The quantitative estimate of drug-likeness (QED) is 0.477. The molecule has 1 aromatic rings. The summed E-state index contributed by atoms with van der Waals surface area (Å²) < 4.78 is 0. The Morgan fingerprint density at radius 3 is 2.72 bits per heavy atom. The summed E-state index contributed by atoms with van der Waals surface area (Å²) in [6, 6.07) is 5.22. The fourth-order valence-corrected chi connectivity index (χ4v) is 2.83. The predicted octanol–water partition coefficient (Wildman–Crippen LogP) is 3.71. The molecule has 98 valence electrons. The summed E-state index contributed by atoms with van der Waals surface area (Å²) in [5.41, 5.74) is 1.83. The molecule has 1 fully saturated rings. The van der Waals surface area contributed by atoms with E-state index in [0.29, 0.717) is 5.56 Å². The lowest BCUT2D eigenvalue weighted by Gasteiger charge is -2.33. The summed E-state index contributed by atoms with van der Waals surface area (Å²) in [7, 11) is 0. The van der Waals surface area contributed by atoms with Gasteiger partial charge in [0.25, 0.3) is 5.69 Å². The van der Waals surface area contributed by atoms with E-state index in [1.54, 1.807) is 6.07 Å². The molecule has 0 spiro atoms. The average molecular weight is 269 g/mol. The first-order valence-electron chi connectivity index (χ1n) is 6.06. The average Bonchev–Trinajstić information content (AvgIpc) is 2.68. The van der Waals surface area contributed by atoms with Gasteiger partial charge in [-0.15, -0.1) is 11.6 Å².